The third kappa shape index (κ3) is 5.19. The zero-order valence-electron chi connectivity index (χ0n) is 18.8. The average Bonchev–Trinajstić information content (AvgIpc) is 2.83. The van der Waals surface area contributed by atoms with Crippen LogP contribution in [-0.2, 0) is 16.2 Å². The maximum absolute atomic E-state index is 14.3. The zero-order chi connectivity index (χ0) is 25.1. The lowest BCUT2D eigenvalue weighted by Gasteiger charge is -2.26. The second-order valence-electron chi connectivity index (χ2n) is 7.72. The molecule has 35 heavy (non-hydrogen) atoms. The van der Waals surface area contributed by atoms with E-state index in [2.05, 4.69) is 27.9 Å². The van der Waals surface area contributed by atoms with Crippen LogP contribution in [0.15, 0.2) is 66.2 Å². The van der Waals surface area contributed by atoms with E-state index in [0.717, 1.165) is 17.2 Å². The quantitative estimate of drug-likeness (QED) is 0.250. The van der Waals surface area contributed by atoms with Crippen LogP contribution in [0.5, 0.6) is 11.5 Å². The van der Waals surface area contributed by atoms with Crippen LogP contribution in [0.1, 0.15) is 16.7 Å². The molecule has 4 amide bonds. The second kappa shape index (κ2) is 10.3. The normalized spacial score (nSPS) is 14.8. The van der Waals surface area contributed by atoms with E-state index in [1.807, 2.05) is 31.2 Å². The number of halogens is 2. The summed E-state index contributed by atoms with van der Waals surface area (Å²) in [5.74, 6) is -1.66. The number of nitrogens with one attached hydrogen (secondary N) is 1. The number of ether oxygens (including phenoxy) is 2. The van der Waals surface area contributed by atoms with Crippen molar-refractivity contribution in [3.05, 3.63) is 92.3 Å². The molecule has 178 valence electrons. The number of amides is 4. The first-order valence-corrected chi connectivity index (χ1v) is 11.6. The number of rotatable bonds is 6. The van der Waals surface area contributed by atoms with Crippen molar-refractivity contribution in [2.75, 3.05) is 12.0 Å². The van der Waals surface area contributed by atoms with Crippen LogP contribution < -0.4 is 19.7 Å². The highest BCUT2D eigenvalue weighted by molar-refractivity contribution is 14.1. The Balaban J connectivity index is 1.64. The van der Waals surface area contributed by atoms with Crippen molar-refractivity contribution in [2.45, 2.75) is 13.5 Å². The number of aryl methyl sites for hydroxylation is 1. The molecule has 0 unspecified atom stereocenters. The molecule has 0 aliphatic carbocycles. The summed E-state index contributed by atoms with van der Waals surface area (Å²) in [7, 11) is 1.48. The first-order valence-electron chi connectivity index (χ1n) is 10.5. The molecule has 7 nitrogen and oxygen atoms in total. The van der Waals surface area contributed by atoms with Crippen molar-refractivity contribution in [1.29, 1.82) is 0 Å². The maximum Gasteiger partial charge on any atom is 0.336 e. The van der Waals surface area contributed by atoms with E-state index in [0.29, 0.717) is 32.1 Å². The number of hydrogen-bond donors (Lipinski definition) is 1. The molecule has 1 heterocycles. The van der Waals surface area contributed by atoms with E-state index in [9.17, 15) is 18.8 Å². The van der Waals surface area contributed by atoms with E-state index in [1.165, 1.54) is 31.4 Å². The number of carbonyl (C=O) groups excluding carboxylic acids is 3. The lowest BCUT2D eigenvalue weighted by atomic mass is 10.1. The van der Waals surface area contributed by atoms with Gasteiger partial charge in [-0.15, -0.1) is 0 Å². The fourth-order valence-electron chi connectivity index (χ4n) is 3.48. The highest BCUT2D eigenvalue weighted by Gasteiger charge is 2.38. The Morgan fingerprint density at radius 3 is 2.46 bits per heavy atom. The number of benzene rings is 3. The Morgan fingerprint density at radius 2 is 1.77 bits per heavy atom. The molecule has 0 radical (unpaired) electrons. The number of hydrogen-bond acceptors (Lipinski definition) is 5. The predicted molar refractivity (Wildman–Crippen MR) is 137 cm³/mol. The summed E-state index contributed by atoms with van der Waals surface area (Å²) >= 11 is 2.07. The molecular formula is C26H20FIN2O5. The minimum atomic E-state index is -1.02. The Labute approximate surface area is 214 Å². The molecule has 1 aliphatic rings. The third-order valence-corrected chi connectivity index (χ3v) is 6.06. The lowest BCUT2D eigenvalue weighted by molar-refractivity contribution is -0.122. The van der Waals surface area contributed by atoms with Crippen molar-refractivity contribution in [2.24, 2.45) is 0 Å². The monoisotopic (exact) mass is 586 g/mol. The maximum atomic E-state index is 14.3. The van der Waals surface area contributed by atoms with Crippen molar-refractivity contribution in [3.63, 3.8) is 0 Å². The first-order chi connectivity index (χ1) is 16.8. The average molecular weight is 586 g/mol. The SMILES string of the molecule is COc1cc(/C=C2/C(=O)NC(=O)N(c3ccccc3F)C2=O)cc(I)c1OCc1ccc(C)cc1. The fraction of sp³-hybridized carbons (Fsp3) is 0.115. The van der Waals surface area contributed by atoms with Gasteiger partial charge in [-0.1, -0.05) is 42.0 Å². The van der Waals surface area contributed by atoms with E-state index in [4.69, 9.17) is 9.47 Å². The van der Waals surface area contributed by atoms with Crippen molar-refractivity contribution in [1.82, 2.24) is 5.32 Å². The van der Waals surface area contributed by atoms with Crippen molar-refractivity contribution in [3.8, 4) is 11.5 Å². The summed E-state index contributed by atoms with van der Waals surface area (Å²) < 4.78 is 26.4. The van der Waals surface area contributed by atoms with Gasteiger partial charge in [0.15, 0.2) is 11.5 Å². The van der Waals surface area contributed by atoms with Crippen LogP contribution in [0.2, 0.25) is 0 Å². The summed E-state index contributed by atoms with van der Waals surface area (Å²) in [6.07, 6.45) is 1.33. The number of nitrogens with zero attached hydrogens (tertiary/aromatic N) is 1. The highest BCUT2D eigenvalue weighted by atomic mass is 127. The van der Waals surface area contributed by atoms with Crippen LogP contribution in [-0.4, -0.2) is 25.0 Å². The minimum Gasteiger partial charge on any atom is -0.493 e. The summed E-state index contributed by atoms with van der Waals surface area (Å²) in [6, 6.07) is 15.6. The molecule has 0 spiro atoms. The van der Waals surface area contributed by atoms with Gasteiger partial charge in [0.2, 0.25) is 0 Å². The fourth-order valence-corrected chi connectivity index (χ4v) is 4.26. The molecule has 1 fully saturated rings. The molecule has 0 aromatic heterocycles. The molecule has 9 heteroatoms. The molecule has 3 aromatic carbocycles. The van der Waals surface area contributed by atoms with Crippen LogP contribution in [0.4, 0.5) is 14.9 Å². The van der Waals surface area contributed by atoms with Gasteiger partial charge in [0.05, 0.1) is 16.4 Å². The Kier molecular flexibility index (Phi) is 7.15. The van der Waals surface area contributed by atoms with Crippen molar-refractivity contribution >= 4 is 52.2 Å². The number of carbonyl (C=O) groups is 3. The minimum absolute atomic E-state index is 0.250. The number of barbiturate groups is 1. The van der Waals surface area contributed by atoms with E-state index < -0.39 is 23.7 Å². The first kappa shape index (κ1) is 24.4. The second-order valence-corrected chi connectivity index (χ2v) is 8.88. The predicted octanol–water partition coefficient (Wildman–Crippen LogP) is 4.99. The molecule has 1 aliphatic heterocycles. The Bertz CT molecular complexity index is 1350. The van der Waals surface area contributed by atoms with Gasteiger partial charge >= 0.3 is 6.03 Å². The molecule has 0 bridgehead atoms. The molecule has 0 saturated carbocycles. The van der Waals surface area contributed by atoms with Gasteiger partial charge in [-0.25, -0.2) is 14.1 Å². The molecule has 1 N–H and O–H groups in total. The van der Waals surface area contributed by atoms with Gasteiger partial charge in [-0.3, -0.25) is 14.9 Å². The van der Waals surface area contributed by atoms with Crippen LogP contribution in [0.25, 0.3) is 6.08 Å². The van der Waals surface area contributed by atoms with Crippen LogP contribution >= 0.6 is 22.6 Å². The van der Waals surface area contributed by atoms with E-state index in [-0.39, 0.29) is 11.3 Å². The smallest absolute Gasteiger partial charge is 0.336 e. The summed E-state index contributed by atoms with van der Waals surface area (Å²) in [4.78, 5) is 38.4. The summed E-state index contributed by atoms with van der Waals surface area (Å²) in [5, 5.41) is 2.09. The highest BCUT2D eigenvalue weighted by Crippen LogP contribution is 2.35. The van der Waals surface area contributed by atoms with Crippen molar-refractivity contribution < 1.29 is 28.2 Å². The van der Waals surface area contributed by atoms with Gasteiger partial charge < -0.3 is 9.47 Å². The van der Waals surface area contributed by atoms with E-state index in [1.54, 1.807) is 12.1 Å². The Morgan fingerprint density at radius 1 is 1.06 bits per heavy atom. The lowest BCUT2D eigenvalue weighted by Crippen LogP contribution is -2.54. The molecular weight excluding hydrogens is 566 g/mol. The van der Waals surface area contributed by atoms with Crippen LogP contribution in [0, 0.1) is 16.3 Å². The number of methoxy groups -OCH3 is 1. The zero-order valence-corrected chi connectivity index (χ0v) is 21.0. The largest absolute Gasteiger partial charge is 0.493 e. The summed E-state index contributed by atoms with van der Waals surface area (Å²) in [6.45, 7) is 2.33. The van der Waals surface area contributed by atoms with Gasteiger partial charge in [0.25, 0.3) is 11.8 Å². The number of para-hydroxylation sites is 1. The molecule has 3 aromatic rings. The van der Waals surface area contributed by atoms with E-state index >= 15 is 0 Å². The number of urea groups is 1. The molecule has 4 rings (SSSR count). The van der Waals surface area contributed by atoms with Crippen LogP contribution in [0.3, 0.4) is 0 Å². The number of imide groups is 2. The Hall–Kier alpha value is -3.73. The molecule has 1 saturated heterocycles. The summed E-state index contributed by atoms with van der Waals surface area (Å²) in [5.41, 5.74) is 2.03. The third-order valence-electron chi connectivity index (χ3n) is 5.26. The topological polar surface area (TPSA) is 84.9 Å². The molecule has 0 atom stereocenters. The van der Waals surface area contributed by atoms with Gasteiger partial charge in [-0.2, -0.15) is 0 Å². The van der Waals surface area contributed by atoms with Gasteiger partial charge in [0, 0.05) is 0 Å². The van der Waals surface area contributed by atoms with Gasteiger partial charge in [0.1, 0.15) is 18.0 Å². The van der Waals surface area contributed by atoms with Gasteiger partial charge in [-0.05, 0) is 71.0 Å². The number of anilines is 1. The standard InChI is InChI=1S/C26H20FIN2O5/c1-15-7-9-16(10-8-15)14-35-23-20(28)12-17(13-22(23)34-2)11-18-24(31)29-26(33)30(25(18)32)21-6-4-3-5-19(21)27/h3-13H,14H2,1-2H3,(H,29,31,33)/b18-11-.